The summed E-state index contributed by atoms with van der Waals surface area (Å²) < 4.78 is 30.4. The molecule has 0 spiro atoms. The Kier molecular flexibility index (Phi) is 6.01. The Balaban J connectivity index is 2.61. The number of halogens is 5. The van der Waals surface area contributed by atoms with Crippen molar-refractivity contribution in [1.82, 2.24) is 9.78 Å². The molecule has 0 radical (unpaired) electrons. The van der Waals surface area contributed by atoms with Crippen LogP contribution < -0.4 is 4.74 Å². The number of thiol groups is 1. The van der Waals surface area contributed by atoms with E-state index in [4.69, 9.17) is 34.8 Å². The van der Waals surface area contributed by atoms with Gasteiger partial charge in [-0.05, 0) is 17.7 Å². The third-order valence-corrected chi connectivity index (χ3v) is 4.69. The molecular formula is C14H11Cl3F2N2O2S. The Morgan fingerprint density at radius 2 is 1.92 bits per heavy atom. The third-order valence-electron chi connectivity index (χ3n) is 3.32. The summed E-state index contributed by atoms with van der Waals surface area (Å²) in [6.07, 6.45) is 0. The average Bonchev–Trinajstić information content (AvgIpc) is 2.74. The molecule has 1 heterocycles. The van der Waals surface area contributed by atoms with E-state index in [2.05, 4.69) is 22.5 Å². The smallest absolute Gasteiger partial charge is 0.388 e. The molecular weight excluding hydrogens is 405 g/mol. The number of alkyl halides is 2. The van der Waals surface area contributed by atoms with Gasteiger partial charge in [0, 0.05) is 17.6 Å². The van der Waals surface area contributed by atoms with E-state index in [1.807, 2.05) is 0 Å². The predicted octanol–water partition coefficient (Wildman–Crippen LogP) is 5.21. The van der Waals surface area contributed by atoms with E-state index in [-0.39, 0.29) is 31.8 Å². The quantitative estimate of drug-likeness (QED) is 0.682. The van der Waals surface area contributed by atoms with Gasteiger partial charge < -0.3 is 4.74 Å². The summed E-state index contributed by atoms with van der Waals surface area (Å²) in [6, 6.07) is 2.96. The maximum absolute atomic E-state index is 12.5. The fourth-order valence-electron chi connectivity index (χ4n) is 2.08. The minimum atomic E-state index is -3.05. The number of aryl methyl sites for hydroxylation is 1. The molecule has 0 saturated carbocycles. The van der Waals surface area contributed by atoms with Gasteiger partial charge in [0.05, 0.1) is 10.9 Å². The second kappa shape index (κ2) is 7.47. The lowest BCUT2D eigenvalue weighted by atomic mass is 9.99. The van der Waals surface area contributed by atoms with Crippen molar-refractivity contribution in [3.05, 3.63) is 32.8 Å². The summed E-state index contributed by atoms with van der Waals surface area (Å²) in [5.74, 6) is -0.899. The number of rotatable bonds is 5. The average molecular weight is 416 g/mol. The molecule has 1 aromatic carbocycles. The molecule has 130 valence electrons. The number of nitrogens with zero attached hydrogens (tertiary/aromatic N) is 2. The molecule has 10 heteroatoms. The SMILES string of the molecule is CC(C(=O)S)c1cc(-c2nn(C)c(OC(F)F)c2Cl)c(Cl)cc1Cl. The van der Waals surface area contributed by atoms with Crippen LogP contribution in [-0.2, 0) is 11.8 Å². The topological polar surface area (TPSA) is 44.1 Å². The van der Waals surface area contributed by atoms with Crippen molar-refractivity contribution < 1.29 is 18.3 Å². The van der Waals surface area contributed by atoms with Gasteiger partial charge in [0.2, 0.25) is 5.88 Å². The number of aromatic nitrogens is 2. The molecule has 0 amide bonds. The summed E-state index contributed by atoms with van der Waals surface area (Å²) in [4.78, 5) is 11.5. The van der Waals surface area contributed by atoms with E-state index < -0.39 is 12.5 Å². The molecule has 0 fully saturated rings. The van der Waals surface area contributed by atoms with Crippen molar-refractivity contribution in [2.45, 2.75) is 19.5 Å². The number of benzene rings is 1. The van der Waals surface area contributed by atoms with Gasteiger partial charge in [0.1, 0.15) is 10.7 Å². The van der Waals surface area contributed by atoms with Crippen LogP contribution in [0.2, 0.25) is 15.1 Å². The summed E-state index contributed by atoms with van der Waals surface area (Å²) in [6.45, 7) is -1.43. The minimum absolute atomic E-state index is 0.127. The van der Waals surface area contributed by atoms with Crippen molar-refractivity contribution in [1.29, 1.82) is 0 Å². The van der Waals surface area contributed by atoms with Gasteiger partial charge in [-0.25, -0.2) is 4.68 Å². The van der Waals surface area contributed by atoms with Crippen molar-refractivity contribution in [3.8, 4) is 17.1 Å². The van der Waals surface area contributed by atoms with Crippen LogP contribution in [0.1, 0.15) is 18.4 Å². The molecule has 0 N–H and O–H groups in total. The summed E-state index contributed by atoms with van der Waals surface area (Å²) >= 11 is 22.2. The predicted molar refractivity (Wildman–Crippen MR) is 92.7 cm³/mol. The molecule has 0 aliphatic carbocycles. The molecule has 0 saturated heterocycles. The molecule has 0 aliphatic heterocycles. The van der Waals surface area contributed by atoms with Crippen molar-refractivity contribution in [2.24, 2.45) is 7.05 Å². The first-order chi connectivity index (χ1) is 11.1. The number of hydrogen-bond donors (Lipinski definition) is 1. The summed E-state index contributed by atoms with van der Waals surface area (Å²) in [5.41, 5.74) is 0.938. The number of ether oxygens (including phenoxy) is 1. The lowest BCUT2D eigenvalue weighted by Crippen LogP contribution is -2.06. The maximum Gasteiger partial charge on any atom is 0.388 e. The van der Waals surface area contributed by atoms with Gasteiger partial charge in [0.25, 0.3) is 0 Å². The molecule has 0 bridgehead atoms. The van der Waals surface area contributed by atoms with Crippen molar-refractivity contribution in [3.63, 3.8) is 0 Å². The van der Waals surface area contributed by atoms with E-state index in [0.717, 1.165) is 4.68 Å². The number of carbonyl (C=O) groups is 1. The molecule has 2 aromatic rings. The van der Waals surface area contributed by atoms with Crippen LogP contribution in [0.3, 0.4) is 0 Å². The van der Waals surface area contributed by atoms with E-state index in [0.29, 0.717) is 11.1 Å². The normalized spacial score (nSPS) is 12.5. The minimum Gasteiger partial charge on any atom is -0.416 e. The van der Waals surface area contributed by atoms with Crippen LogP contribution in [0.4, 0.5) is 8.78 Å². The highest BCUT2D eigenvalue weighted by atomic mass is 35.5. The first kappa shape index (κ1) is 19.3. The third kappa shape index (κ3) is 3.79. The second-order valence-electron chi connectivity index (χ2n) is 4.88. The molecule has 2 rings (SSSR count). The van der Waals surface area contributed by atoms with Crippen LogP contribution in [-0.4, -0.2) is 21.5 Å². The largest absolute Gasteiger partial charge is 0.416 e. The number of hydrogen-bond acceptors (Lipinski definition) is 3. The molecule has 24 heavy (non-hydrogen) atoms. The van der Waals surface area contributed by atoms with Gasteiger partial charge in [-0.15, -0.1) is 12.6 Å². The van der Waals surface area contributed by atoms with E-state index in [9.17, 15) is 13.6 Å². The van der Waals surface area contributed by atoms with Crippen molar-refractivity contribution in [2.75, 3.05) is 0 Å². The fraction of sp³-hybridized carbons (Fsp3) is 0.286. The van der Waals surface area contributed by atoms with Crippen LogP contribution in [0, 0.1) is 0 Å². The Labute approximate surface area is 157 Å². The zero-order valence-electron chi connectivity index (χ0n) is 12.4. The zero-order chi connectivity index (χ0) is 18.2. The molecule has 4 nitrogen and oxygen atoms in total. The van der Waals surface area contributed by atoms with E-state index >= 15 is 0 Å². The summed E-state index contributed by atoms with van der Waals surface area (Å²) in [5, 5.41) is 4.02. The van der Waals surface area contributed by atoms with E-state index in [1.165, 1.54) is 19.2 Å². The van der Waals surface area contributed by atoms with Gasteiger partial charge in [-0.3, -0.25) is 4.79 Å². The highest BCUT2D eigenvalue weighted by molar-refractivity contribution is 7.96. The lowest BCUT2D eigenvalue weighted by Gasteiger charge is -2.13. The van der Waals surface area contributed by atoms with Crippen LogP contribution in [0.25, 0.3) is 11.3 Å². The van der Waals surface area contributed by atoms with Gasteiger partial charge in [0.15, 0.2) is 5.12 Å². The molecule has 1 unspecified atom stereocenters. The van der Waals surface area contributed by atoms with Gasteiger partial charge in [-0.1, -0.05) is 41.7 Å². The second-order valence-corrected chi connectivity index (χ2v) is 6.52. The number of carbonyl (C=O) groups excluding carboxylic acids is 1. The Morgan fingerprint density at radius 1 is 1.29 bits per heavy atom. The lowest BCUT2D eigenvalue weighted by molar-refractivity contribution is -0.111. The van der Waals surface area contributed by atoms with Gasteiger partial charge >= 0.3 is 6.61 Å². The highest BCUT2D eigenvalue weighted by Gasteiger charge is 2.24. The maximum atomic E-state index is 12.5. The fourth-order valence-corrected chi connectivity index (χ4v) is 3.16. The Hall–Kier alpha value is -1.02. The van der Waals surface area contributed by atoms with Crippen LogP contribution in [0.15, 0.2) is 12.1 Å². The first-order valence-electron chi connectivity index (χ1n) is 6.52. The summed E-state index contributed by atoms with van der Waals surface area (Å²) in [7, 11) is 1.40. The zero-order valence-corrected chi connectivity index (χ0v) is 15.5. The highest BCUT2D eigenvalue weighted by Crippen LogP contribution is 2.41. The van der Waals surface area contributed by atoms with Crippen LogP contribution >= 0.6 is 47.4 Å². The van der Waals surface area contributed by atoms with E-state index in [1.54, 1.807) is 6.92 Å². The molecule has 1 atom stereocenters. The van der Waals surface area contributed by atoms with Gasteiger partial charge in [-0.2, -0.15) is 13.9 Å². The first-order valence-corrected chi connectivity index (χ1v) is 8.11. The molecule has 0 aliphatic rings. The monoisotopic (exact) mass is 414 g/mol. The Bertz CT molecular complexity index is 799. The molecule has 1 aromatic heterocycles. The standard InChI is InChI=1S/C14H11Cl3F2N2O2S/c1-5(13(22)24)6-3-7(9(16)4-8(6)15)11-10(17)12(21(2)20-11)23-14(18)19/h3-5,14H,1-2H3,(H,22,24). The van der Waals surface area contributed by atoms with Crippen molar-refractivity contribution >= 4 is 52.5 Å². The Morgan fingerprint density at radius 3 is 2.46 bits per heavy atom. The van der Waals surface area contributed by atoms with Crippen LogP contribution in [0.5, 0.6) is 5.88 Å².